The maximum atomic E-state index is 13.4. The number of carbonyl (C=O) groups excluding carboxylic acids is 2. The van der Waals surface area contributed by atoms with Crippen molar-refractivity contribution < 1.29 is 9.59 Å². The number of nitrogens with one attached hydrogen (secondary N) is 2. The molecular formula is C31H43ClN4O2S2. The number of amides is 1. The number of aromatic nitrogens is 1. The van der Waals surface area contributed by atoms with E-state index in [9.17, 15) is 9.59 Å². The average Bonchev–Trinajstić information content (AvgIpc) is 3.20. The molecule has 2 aromatic carbocycles. The first-order chi connectivity index (χ1) is 19.3. The van der Waals surface area contributed by atoms with E-state index in [1.165, 1.54) is 0 Å². The summed E-state index contributed by atoms with van der Waals surface area (Å²) in [5, 5.41) is 8.02. The molecule has 0 unspecified atom stereocenters. The summed E-state index contributed by atoms with van der Waals surface area (Å²) >= 11 is 14.7. The highest BCUT2D eigenvalue weighted by molar-refractivity contribution is 7.80. The Morgan fingerprint density at radius 3 is 2.35 bits per heavy atom. The molecule has 9 heteroatoms. The molecule has 40 heavy (non-hydrogen) atoms. The van der Waals surface area contributed by atoms with Crippen LogP contribution in [0, 0.1) is 13.8 Å². The highest BCUT2D eigenvalue weighted by Gasteiger charge is 2.21. The minimum absolute atomic E-state index is 0.0173. The number of aryl methyl sites for hydroxylation is 1. The smallest absolute Gasteiger partial charge is 0.262 e. The lowest BCUT2D eigenvalue weighted by Gasteiger charge is -2.21. The van der Waals surface area contributed by atoms with Gasteiger partial charge in [-0.05, 0) is 75.2 Å². The number of thiol groups is 2. The van der Waals surface area contributed by atoms with Crippen molar-refractivity contribution in [3.8, 4) is 0 Å². The molecule has 0 bridgehead atoms. The molecule has 0 spiro atoms. The molecule has 2 N–H and O–H groups in total. The number of halogens is 1. The summed E-state index contributed by atoms with van der Waals surface area (Å²) in [5.74, 6) is 1.58. The molecule has 0 atom stereocenters. The van der Waals surface area contributed by atoms with Gasteiger partial charge < -0.3 is 15.5 Å². The Morgan fingerprint density at radius 2 is 1.62 bits per heavy atom. The molecule has 0 saturated heterocycles. The van der Waals surface area contributed by atoms with Gasteiger partial charge >= 0.3 is 0 Å². The van der Waals surface area contributed by atoms with Crippen molar-refractivity contribution >= 4 is 59.6 Å². The van der Waals surface area contributed by atoms with Gasteiger partial charge in [-0.3, -0.25) is 14.2 Å². The molecule has 0 aliphatic heterocycles. The highest BCUT2D eigenvalue weighted by atomic mass is 35.5. The number of rotatable bonds is 17. The van der Waals surface area contributed by atoms with Gasteiger partial charge in [0.2, 0.25) is 5.91 Å². The van der Waals surface area contributed by atoms with E-state index in [2.05, 4.69) is 46.9 Å². The van der Waals surface area contributed by atoms with Crippen LogP contribution in [0.5, 0.6) is 0 Å². The van der Waals surface area contributed by atoms with Gasteiger partial charge in [0.05, 0.1) is 11.9 Å². The summed E-state index contributed by atoms with van der Waals surface area (Å²) in [6.07, 6.45) is 4.57. The lowest BCUT2D eigenvalue weighted by atomic mass is 10.1. The van der Waals surface area contributed by atoms with E-state index in [4.69, 9.17) is 11.6 Å². The molecule has 0 radical (unpaired) electrons. The SMILES string of the molecule is Cc1ccc2c(c1)c(CC(=O)NCCCCCCN(CCS)CCNCCS)c(C)n2C(=O)c1ccc(Cl)cc1. The predicted molar refractivity (Wildman–Crippen MR) is 175 cm³/mol. The van der Waals surface area contributed by atoms with Crippen LogP contribution in [0.15, 0.2) is 42.5 Å². The van der Waals surface area contributed by atoms with Crippen molar-refractivity contribution in [2.75, 3.05) is 50.8 Å². The van der Waals surface area contributed by atoms with E-state index in [1.807, 2.05) is 26.0 Å². The third-order valence-corrected chi connectivity index (χ3v) is 7.83. The van der Waals surface area contributed by atoms with E-state index in [0.717, 1.165) is 97.6 Å². The van der Waals surface area contributed by atoms with Crippen LogP contribution in [0.4, 0.5) is 0 Å². The second-order valence-corrected chi connectivity index (χ2v) is 11.5. The fourth-order valence-electron chi connectivity index (χ4n) is 4.99. The molecule has 3 aromatic rings. The Bertz CT molecular complexity index is 1250. The van der Waals surface area contributed by atoms with E-state index >= 15 is 0 Å². The second kappa shape index (κ2) is 17.1. The zero-order valence-corrected chi connectivity index (χ0v) is 26.3. The summed E-state index contributed by atoms with van der Waals surface area (Å²) in [6.45, 7) is 9.63. The third kappa shape index (κ3) is 9.55. The van der Waals surface area contributed by atoms with E-state index < -0.39 is 0 Å². The number of benzene rings is 2. The Kier molecular flexibility index (Phi) is 13.9. The van der Waals surface area contributed by atoms with Crippen molar-refractivity contribution in [1.29, 1.82) is 0 Å². The monoisotopic (exact) mass is 602 g/mol. The van der Waals surface area contributed by atoms with Gasteiger partial charge in [0, 0.05) is 65.9 Å². The Balaban J connectivity index is 1.51. The molecule has 0 saturated carbocycles. The van der Waals surface area contributed by atoms with Gasteiger partial charge in [-0.1, -0.05) is 36.1 Å². The van der Waals surface area contributed by atoms with E-state index in [-0.39, 0.29) is 18.2 Å². The summed E-state index contributed by atoms with van der Waals surface area (Å²) < 4.78 is 1.72. The highest BCUT2D eigenvalue weighted by Crippen LogP contribution is 2.28. The van der Waals surface area contributed by atoms with Gasteiger partial charge in [-0.15, -0.1) is 0 Å². The number of hydrogen-bond acceptors (Lipinski definition) is 6. The standard InChI is InChI=1S/C31H43ClN4O2S2/c1-23-7-12-29-28(21-23)27(24(2)36(29)31(38)25-8-10-26(32)11-9-25)22-30(37)34-13-5-3-4-6-16-35(18-20-40)17-14-33-15-19-39/h7-12,21,33,39-40H,3-6,13-20,22H2,1-2H3,(H,34,37). The molecule has 1 heterocycles. The zero-order chi connectivity index (χ0) is 28.9. The van der Waals surface area contributed by atoms with Crippen LogP contribution in [-0.4, -0.2) is 72.1 Å². The van der Waals surface area contributed by atoms with Crippen molar-refractivity contribution in [1.82, 2.24) is 20.1 Å². The summed E-state index contributed by atoms with van der Waals surface area (Å²) in [7, 11) is 0. The van der Waals surface area contributed by atoms with Crippen LogP contribution in [0.2, 0.25) is 5.02 Å². The van der Waals surface area contributed by atoms with Crippen LogP contribution in [0.1, 0.15) is 52.9 Å². The van der Waals surface area contributed by atoms with Gasteiger partial charge in [0.25, 0.3) is 5.91 Å². The molecule has 1 aromatic heterocycles. The Morgan fingerprint density at radius 1 is 0.875 bits per heavy atom. The summed E-state index contributed by atoms with van der Waals surface area (Å²) in [5.41, 5.74) is 4.15. The lowest BCUT2D eigenvalue weighted by molar-refractivity contribution is -0.120. The maximum Gasteiger partial charge on any atom is 0.262 e. The van der Waals surface area contributed by atoms with Crippen LogP contribution in [0.25, 0.3) is 10.9 Å². The topological polar surface area (TPSA) is 66.4 Å². The quantitative estimate of drug-likeness (QED) is 0.120. The predicted octanol–water partition coefficient (Wildman–Crippen LogP) is 5.57. The van der Waals surface area contributed by atoms with Crippen LogP contribution in [-0.2, 0) is 11.2 Å². The van der Waals surface area contributed by atoms with Crippen molar-refractivity contribution in [3.05, 3.63) is 69.9 Å². The molecule has 1 amide bonds. The van der Waals surface area contributed by atoms with Crippen molar-refractivity contribution in [2.24, 2.45) is 0 Å². The van der Waals surface area contributed by atoms with Crippen LogP contribution >= 0.6 is 36.9 Å². The zero-order valence-electron chi connectivity index (χ0n) is 23.7. The molecule has 218 valence electrons. The average molecular weight is 603 g/mol. The fraction of sp³-hybridized carbons (Fsp3) is 0.484. The van der Waals surface area contributed by atoms with Gasteiger partial charge in [0.15, 0.2) is 0 Å². The number of nitrogens with zero attached hydrogens (tertiary/aromatic N) is 2. The number of unbranched alkanes of at least 4 members (excludes halogenated alkanes) is 3. The first-order valence-corrected chi connectivity index (χ1v) is 15.8. The van der Waals surface area contributed by atoms with Crippen LogP contribution in [0.3, 0.4) is 0 Å². The first kappa shape index (κ1) is 32.5. The second-order valence-electron chi connectivity index (χ2n) is 10.2. The maximum absolute atomic E-state index is 13.4. The van der Waals surface area contributed by atoms with Gasteiger partial charge in [-0.2, -0.15) is 25.3 Å². The lowest BCUT2D eigenvalue weighted by Crippen LogP contribution is -2.34. The minimum atomic E-state index is -0.128. The van der Waals surface area contributed by atoms with E-state index in [1.54, 1.807) is 28.8 Å². The van der Waals surface area contributed by atoms with Crippen molar-refractivity contribution in [2.45, 2.75) is 46.0 Å². The molecule has 0 fully saturated rings. The van der Waals surface area contributed by atoms with Gasteiger partial charge in [-0.25, -0.2) is 0 Å². The molecule has 0 aliphatic rings. The third-order valence-electron chi connectivity index (χ3n) is 7.15. The summed E-state index contributed by atoms with van der Waals surface area (Å²) in [4.78, 5) is 28.8. The normalized spacial score (nSPS) is 11.4. The first-order valence-electron chi connectivity index (χ1n) is 14.2. The molecule has 0 aliphatic carbocycles. The van der Waals surface area contributed by atoms with E-state index in [0.29, 0.717) is 17.1 Å². The van der Waals surface area contributed by atoms with Gasteiger partial charge in [0.1, 0.15) is 0 Å². The number of carbonyl (C=O) groups is 2. The van der Waals surface area contributed by atoms with Crippen molar-refractivity contribution in [3.63, 3.8) is 0 Å². The Hall–Kier alpha value is -1.97. The fourth-order valence-corrected chi connectivity index (χ4v) is 5.55. The number of fused-ring (bicyclic) bond motifs is 1. The molecule has 3 rings (SSSR count). The summed E-state index contributed by atoms with van der Waals surface area (Å²) in [6, 6.07) is 12.9. The molecular weight excluding hydrogens is 560 g/mol. The van der Waals surface area contributed by atoms with Crippen LogP contribution < -0.4 is 10.6 Å². The largest absolute Gasteiger partial charge is 0.356 e. The Labute approximate surface area is 255 Å². The minimum Gasteiger partial charge on any atom is -0.356 e. The number of hydrogen-bond donors (Lipinski definition) is 4. The molecule has 6 nitrogen and oxygen atoms in total.